The molecule has 0 spiro atoms. The van der Waals surface area contributed by atoms with E-state index < -0.39 is 0 Å². The third kappa shape index (κ3) is 8.21. The number of unbranched alkanes of at least 4 members (excludes halogenated alkanes) is 2. The minimum atomic E-state index is 0.214. The third-order valence-corrected chi connectivity index (χ3v) is 4.76. The van der Waals surface area contributed by atoms with Crippen molar-refractivity contribution in [3.8, 4) is 22.6 Å². The quantitative estimate of drug-likeness (QED) is 0.273. The molecule has 31 heavy (non-hydrogen) atoms. The van der Waals surface area contributed by atoms with Gasteiger partial charge in [-0.15, -0.1) is 0 Å². The Morgan fingerprint density at radius 1 is 0.806 bits per heavy atom. The van der Waals surface area contributed by atoms with Gasteiger partial charge in [0.05, 0.1) is 5.69 Å². The summed E-state index contributed by atoms with van der Waals surface area (Å²) in [5, 5.41) is 13.3. The zero-order valence-electron chi connectivity index (χ0n) is 19.0. The highest BCUT2D eigenvalue weighted by molar-refractivity contribution is 5.72. The third-order valence-electron chi connectivity index (χ3n) is 4.76. The fraction of sp³-hybridized carbons (Fsp3) is 0.286. The highest BCUT2D eigenvalue weighted by Crippen LogP contribution is 2.28. The summed E-state index contributed by atoms with van der Waals surface area (Å²) in [6.07, 6.45) is 9.08. The molecular weight excluding hydrogens is 382 g/mol. The number of ether oxygens (including phenoxy) is 1. The summed E-state index contributed by atoms with van der Waals surface area (Å²) in [5.74, 6) is 0.990. The van der Waals surface area contributed by atoms with E-state index in [1.807, 2.05) is 60.7 Å². The second-order valence-corrected chi connectivity index (χ2v) is 7.26. The Morgan fingerprint density at radius 3 is 2.10 bits per heavy atom. The number of hydrogen-bond acceptors (Lipinski definition) is 3. The first-order valence-corrected chi connectivity index (χ1v) is 11.2. The van der Waals surface area contributed by atoms with Crippen molar-refractivity contribution < 1.29 is 9.84 Å². The van der Waals surface area contributed by atoms with Crippen LogP contribution in [0.3, 0.4) is 0 Å². The Labute approximate surface area is 187 Å². The van der Waals surface area contributed by atoms with Crippen LogP contribution in [0.25, 0.3) is 17.2 Å². The van der Waals surface area contributed by atoms with Crippen LogP contribution in [-0.4, -0.2) is 11.8 Å². The standard InChI is InChI=1S/C23H23NO2.C5H12/c1-2-3-8-20-11-7-12-22(25)23(20)24-17-26-21-15-13-19(14-16-21)18-9-5-4-6-10-18;1-3-5-4-2/h3-16,24-25H,2,17H2,1H3;3-5H2,1-2H3/b8-3-;. The maximum atomic E-state index is 10.1. The van der Waals surface area contributed by atoms with Crippen LogP contribution in [0.1, 0.15) is 52.0 Å². The fourth-order valence-corrected chi connectivity index (χ4v) is 3.05. The van der Waals surface area contributed by atoms with Crippen molar-refractivity contribution in [2.24, 2.45) is 0 Å². The molecule has 3 rings (SSSR count). The highest BCUT2D eigenvalue weighted by Gasteiger charge is 2.05. The number of benzene rings is 3. The van der Waals surface area contributed by atoms with Crippen LogP contribution in [0.5, 0.6) is 11.5 Å². The number of hydrogen-bond donors (Lipinski definition) is 2. The summed E-state index contributed by atoms with van der Waals surface area (Å²) in [7, 11) is 0. The van der Waals surface area contributed by atoms with E-state index in [1.165, 1.54) is 24.8 Å². The van der Waals surface area contributed by atoms with Gasteiger partial charge in [-0.1, -0.05) is 107 Å². The molecule has 0 aliphatic heterocycles. The number of phenolic OH excluding ortho intramolecular Hbond substituents is 1. The Hall–Kier alpha value is -3.20. The van der Waals surface area contributed by atoms with Crippen molar-refractivity contribution in [2.45, 2.75) is 46.5 Å². The summed E-state index contributed by atoms with van der Waals surface area (Å²) in [6.45, 7) is 6.77. The van der Waals surface area contributed by atoms with E-state index in [1.54, 1.807) is 6.07 Å². The number of nitrogens with one attached hydrogen (secondary N) is 1. The molecule has 2 N–H and O–H groups in total. The number of anilines is 1. The molecule has 0 heterocycles. The molecule has 3 aromatic carbocycles. The van der Waals surface area contributed by atoms with Gasteiger partial charge in [-0.3, -0.25) is 0 Å². The molecule has 0 aromatic heterocycles. The van der Waals surface area contributed by atoms with Gasteiger partial charge >= 0.3 is 0 Å². The Kier molecular flexibility index (Phi) is 10.8. The van der Waals surface area contributed by atoms with Crippen LogP contribution in [0, 0.1) is 0 Å². The van der Waals surface area contributed by atoms with Gasteiger partial charge in [0.15, 0.2) is 6.73 Å². The molecule has 0 saturated carbocycles. The van der Waals surface area contributed by atoms with E-state index in [-0.39, 0.29) is 12.5 Å². The summed E-state index contributed by atoms with van der Waals surface area (Å²) in [5.41, 5.74) is 3.95. The molecule has 0 amide bonds. The average Bonchev–Trinajstić information content (AvgIpc) is 2.81. The Balaban J connectivity index is 0.000000614. The summed E-state index contributed by atoms with van der Waals surface area (Å²) < 4.78 is 5.77. The average molecular weight is 418 g/mol. The predicted molar refractivity (Wildman–Crippen MR) is 134 cm³/mol. The maximum absolute atomic E-state index is 10.1. The predicted octanol–water partition coefficient (Wildman–Crippen LogP) is 8.13. The SMILES string of the molecule is CC/C=C\c1cccc(O)c1NCOc1ccc(-c2ccccc2)cc1.CCCCC. The van der Waals surface area contributed by atoms with Gasteiger partial charge in [-0.2, -0.15) is 0 Å². The number of para-hydroxylation sites is 1. The summed E-state index contributed by atoms with van der Waals surface area (Å²) in [6, 6.07) is 23.7. The minimum Gasteiger partial charge on any atom is -0.506 e. The largest absolute Gasteiger partial charge is 0.506 e. The Morgan fingerprint density at radius 2 is 1.48 bits per heavy atom. The van der Waals surface area contributed by atoms with Gasteiger partial charge < -0.3 is 15.2 Å². The smallest absolute Gasteiger partial charge is 0.159 e. The van der Waals surface area contributed by atoms with Crippen LogP contribution in [-0.2, 0) is 0 Å². The highest BCUT2D eigenvalue weighted by atomic mass is 16.5. The lowest BCUT2D eigenvalue weighted by Crippen LogP contribution is -2.09. The van der Waals surface area contributed by atoms with Gasteiger partial charge in [0, 0.05) is 5.56 Å². The van der Waals surface area contributed by atoms with E-state index in [0.29, 0.717) is 5.69 Å². The van der Waals surface area contributed by atoms with Gasteiger partial charge in [-0.25, -0.2) is 0 Å². The first kappa shape index (κ1) is 24.1. The zero-order chi connectivity index (χ0) is 22.3. The number of rotatable bonds is 9. The van der Waals surface area contributed by atoms with E-state index in [2.05, 4.69) is 44.3 Å². The van der Waals surface area contributed by atoms with Crippen LogP contribution in [0.2, 0.25) is 0 Å². The molecule has 0 saturated heterocycles. The molecule has 0 fully saturated rings. The lowest BCUT2D eigenvalue weighted by atomic mass is 10.1. The number of phenols is 1. The first-order valence-electron chi connectivity index (χ1n) is 11.2. The van der Waals surface area contributed by atoms with E-state index in [0.717, 1.165) is 23.3 Å². The minimum absolute atomic E-state index is 0.214. The van der Waals surface area contributed by atoms with Gasteiger partial charge in [0.2, 0.25) is 0 Å². The lowest BCUT2D eigenvalue weighted by molar-refractivity contribution is 0.345. The number of aromatic hydroxyl groups is 1. The molecule has 0 aliphatic carbocycles. The van der Waals surface area contributed by atoms with Crippen LogP contribution >= 0.6 is 0 Å². The molecule has 0 atom stereocenters. The van der Waals surface area contributed by atoms with Crippen LogP contribution < -0.4 is 10.1 Å². The molecule has 164 valence electrons. The van der Waals surface area contributed by atoms with E-state index in [4.69, 9.17) is 4.74 Å². The fourth-order valence-electron chi connectivity index (χ4n) is 3.05. The van der Waals surface area contributed by atoms with Crippen molar-refractivity contribution in [2.75, 3.05) is 12.0 Å². The van der Waals surface area contributed by atoms with Gasteiger partial charge in [0.25, 0.3) is 0 Å². The summed E-state index contributed by atoms with van der Waals surface area (Å²) >= 11 is 0. The zero-order valence-corrected chi connectivity index (χ0v) is 19.0. The van der Waals surface area contributed by atoms with E-state index >= 15 is 0 Å². The van der Waals surface area contributed by atoms with Gasteiger partial charge in [0.1, 0.15) is 11.5 Å². The molecule has 3 nitrogen and oxygen atoms in total. The second-order valence-electron chi connectivity index (χ2n) is 7.26. The molecule has 3 heteroatoms. The van der Waals surface area contributed by atoms with Gasteiger partial charge in [-0.05, 0) is 35.7 Å². The molecular formula is C28H35NO2. The van der Waals surface area contributed by atoms with Crippen molar-refractivity contribution in [3.05, 3.63) is 84.4 Å². The molecule has 0 radical (unpaired) electrons. The molecule has 0 unspecified atom stereocenters. The first-order chi connectivity index (χ1) is 15.2. The normalized spacial score (nSPS) is 10.4. The maximum Gasteiger partial charge on any atom is 0.159 e. The second kappa shape index (κ2) is 13.9. The summed E-state index contributed by atoms with van der Waals surface area (Å²) in [4.78, 5) is 0. The van der Waals surface area contributed by atoms with Crippen LogP contribution in [0.4, 0.5) is 5.69 Å². The molecule has 0 aliphatic rings. The van der Waals surface area contributed by atoms with E-state index in [9.17, 15) is 5.11 Å². The Bertz CT molecular complexity index is 900. The van der Waals surface area contributed by atoms with Crippen molar-refractivity contribution >= 4 is 11.8 Å². The molecule has 0 bridgehead atoms. The van der Waals surface area contributed by atoms with Crippen molar-refractivity contribution in [1.82, 2.24) is 0 Å². The monoisotopic (exact) mass is 417 g/mol. The lowest BCUT2D eigenvalue weighted by Gasteiger charge is -2.13. The topological polar surface area (TPSA) is 41.5 Å². The van der Waals surface area contributed by atoms with Crippen molar-refractivity contribution in [3.63, 3.8) is 0 Å². The van der Waals surface area contributed by atoms with Crippen LogP contribution in [0.15, 0.2) is 78.9 Å². The number of allylic oxidation sites excluding steroid dienone is 1. The van der Waals surface area contributed by atoms with Crippen molar-refractivity contribution in [1.29, 1.82) is 0 Å². The molecule has 3 aromatic rings.